The maximum atomic E-state index is 12.3. The molecule has 0 spiro atoms. The summed E-state index contributed by atoms with van der Waals surface area (Å²) in [6, 6.07) is 5.96. The van der Waals surface area contributed by atoms with Crippen molar-refractivity contribution in [2.75, 3.05) is 5.32 Å². The van der Waals surface area contributed by atoms with E-state index in [-0.39, 0.29) is 6.03 Å². The summed E-state index contributed by atoms with van der Waals surface area (Å²) in [6.07, 6.45) is 3.86. The van der Waals surface area contributed by atoms with E-state index < -0.39 is 0 Å². The molecule has 2 amide bonds. The molecule has 2 aromatic rings. The molecule has 2 heterocycles. The summed E-state index contributed by atoms with van der Waals surface area (Å²) in [5, 5.41) is 14.2. The minimum absolute atomic E-state index is 0.198. The number of hydrogen-bond acceptors (Lipinski definition) is 3. The lowest BCUT2D eigenvalue weighted by molar-refractivity contribution is 0.251. The summed E-state index contributed by atoms with van der Waals surface area (Å²) in [5.74, 6) is 1.85. The number of amides is 2. The van der Waals surface area contributed by atoms with Crippen LogP contribution in [0, 0.1) is 0 Å². The number of carbonyl (C=O) groups is 1. The molecule has 0 atom stereocenters. The molecule has 0 radical (unpaired) electrons. The predicted octanol–water partition coefficient (Wildman–Crippen LogP) is 2.67. The Kier molecular flexibility index (Phi) is 4.60. The van der Waals surface area contributed by atoms with Gasteiger partial charge in [-0.1, -0.05) is 32.0 Å². The molecule has 3 rings (SSSR count). The van der Waals surface area contributed by atoms with Gasteiger partial charge in [0.05, 0.1) is 6.54 Å². The fourth-order valence-electron chi connectivity index (χ4n) is 3.06. The smallest absolute Gasteiger partial charge is 0.319 e. The second kappa shape index (κ2) is 6.81. The minimum atomic E-state index is -0.198. The van der Waals surface area contributed by atoms with Crippen molar-refractivity contribution < 1.29 is 4.79 Å². The molecule has 6 nitrogen and oxygen atoms in total. The Balaban J connectivity index is 1.66. The van der Waals surface area contributed by atoms with Crippen LogP contribution in [0.3, 0.4) is 0 Å². The Morgan fingerprint density at radius 1 is 1.22 bits per heavy atom. The molecule has 0 aliphatic carbocycles. The monoisotopic (exact) mass is 313 g/mol. The van der Waals surface area contributed by atoms with Crippen molar-refractivity contribution in [2.24, 2.45) is 0 Å². The molecule has 122 valence electrons. The first kappa shape index (κ1) is 15.5. The summed E-state index contributed by atoms with van der Waals surface area (Å²) in [6.45, 7) is 5.53. The van der Waals surface area contributed by atoms with Gasteiger partial charge in [0.2, 0.25) is 0 Å². The number of aryl methyl sites for hydroxylation is 3. The molecule has 1 aliphatic heterocycles. The van der Waals surface area contributed by atoms with Gasteiger partial charge in [0.25, 0.3) is 0 Å². The number of nitrogens with zero attached hydrogens (tertiary/aromatic N) is 3. The zero-order valence-electron chi connectivity index (χ0n) is 13.7. The molecule has 0 unspecified atom stereocenters. The van der Waals surface area contributed by atoms with Crippen LogP contribution < -0.4 is 10.6 Å². The van der Waals surface area contributed by atoms with Crippen molar-refractivity contribution >= 4 is 11.7 Å². The summed E-state index contributed by atoms with van der Waals surface area (Å²) >= 11 is 0. The van der Waals surface area contributed by atoms with Gasteiger partial charge in [-0.15, -0.1) is 10.2 Å². The third kappa shape index (κ3) is 3.21. The van der Waals surface area contributed by atoms with E-state index in [2.05, 4.69) is 51.4 Å². The first-order chi connectivity index (χ1) is 11.2. The van der Waals surface area contributed by atoms with E-state index in [0.717, 1.165) is 60.7 Å². The molecule has 0 bridgehead atoms. The van der Waals surface area contributed by atoms with Crippen LogP contribution in [-0.2, 0) is 32.4 Å². The minimum Gasteiger partial charge on any atom is -0.331 e. The van der Waals surface area contributed by atoms with Gasteiger partial charge in [-0.25, -0.2) is 4.79 Å². The molecular formula is C17H23N5O. The highest BCUT2D eigenvalue weighted by molar-refractivity contribution is 5.91. The van der Waals surface area contributed by atoms with E-state index in [1.807, 2.05) is 6.07 Å². The van der Waals surface area contributed by atoms with Gasteiger partial charge in [0.1, 0.15) is 5.82 Å². The number of anilines is 1. The number of aromatic nitrogens is 3. The molecule has 1 aromatic heterocycles. The third-order valence-corrected chi connectivity index (χ3v) is 4.33. The first-order valence-corrected chi connectivity index (χ1v) is 8.29. The molecule has 2 N–H and O–H groups in total. The normalized spacial score (nSPS) is 13.0. The van der Waals surface area contributed by atoms with Crippen molar-refractivity contribution in [3.63, 3.8) is 0 Å². The summed E-state index contributed by atoms with van der Waals surface area (Å²) in [4.78, 5) is 12.3. The fraction of sp³-hybridized carbons (Fsp3) is 0.471. The van der Waals surface area contributed by atoms with Crippen LogP contribution in [-0.4, -0.2) is 20.8 Å². The number of urea groups is 1. The van der Waals surface area contributed by atoms with E-state index in [1.165, 1.54) is 0 Å². The number of rotatable bonds is 5. The van der Waals surface area contributed by atoms with Crippen LogP contribution in [0.2, 0.25) is 0 Å². The van der Waals surface area contributed by atoms with Crippen LogP contribution in [0.5, 0.6) is 0 Å². The van der Waals surface area contributed by atoms with Crippen molar-refractivity contribution in [3.8, 4) is 0 Å². The predicted molar refractivity (Wildman–Crippen MR) is 89.4 cm³/mol. The van der Waals surface area contributed by atoms with E-state index in [1.54, 1.807) is 0 Å². The van der Waals surface area contributed by atoms with E-state index in [0.29, 0.717) is 6.54 Å². The fourth-order valence-corrected chi connectivity index (χ4v) is 3.06. The number of nitrogens with one attached hydrogen (secondary N) is 2. The molecule has 1 aromatic carbocycles. The average molecular weight is 313 g/mol. The van der Waals surface area contributed by atoms with Crippen molar-refractivity contribution in [2.45, 2.75) is 52.6 Å². The van der Waals surface area contributed by atoms with Gasteiger partial charge in [-0.2, -0.15) is 0 Å². The Morgan fingerprint density at radius 2 is 1.96 bits per heavy atom. The quantitative estimate of drug-likeness (QED) is 0.891. The molecular weight excluding hydrogens is 290 g/mol. The van der Waals surface area contributed by atoms with Gasteiger partial charge < -0.3 is 15.2 Å². The topological polar surface area (TPSA) is 71.8 Å². The number of fused-ring (bicyclic) bond motifs is 1. The van der Waals surface area contributed by atoms with E-state index in [9.17, 15) is 4.79 Å². The zero-order chi connectivity index (χ0) is 16.2. The largest absolute Gasteiger partial charge is 0.331 e. The Morgan fingerprint density at radius 3 is 2.65 bits per heavy atom. The molecule has 1 aliphatic rings. The van der Waals surface area contributed by atoms with E-state index >= 15 is 0 Å². The van der Waals surface area contributed by atoms with Crippen LogP contribution in [0.1, 0.15) is 43.0 Å². The Bertz CT molecular complexity index is 685. The second-order valence-electron chi connectivity index (χ2n) is 5.75. The van der Waals surface area contributed by atoms with Crippen LogP contribution in [0.25, 0.3) is 0 Å². The second-order valence-corrected chi connectivity index (χ2v) is 5.75. The highest BCUT2D eigenvalue weighted by Crippen LogP contribution is 2.22. The molecule has 0 saturated heterocycles. The Hall–Kier alpha value is -2.37. The maximum Gasteiger partial charge on any atom is 0.319 e. The van der Waals surface area contributed by atoms with Gasteiger partial charge >= 0.3 is 6.03 Å². The summed E-state index contributed by atoms with van der Waals surface area (Å²) < 4.78 is 2.09. The molecule has 6 heteroatoms. The lowest BCUT2D eigenvalue weighted by Gasteiger charge is -2.15. The zero-order valence-corrected chi connectivity index (χ0v) is 13.7. The van der Waals surface area contributed by atoms with Crippen molar-refractivity contribution in [1.82, 2.24) is 20.1 Å². The number of carbonyl (C=O) groups excluding carboxylic acids is 1. The van der Waals surface area contributed by atoms with Crippen LogP contribution in [0.4, 0.5) is 10.5 Å². The lowest BCUT2D eigenvalue weighted by Crippen LogP contribution is -2.30. The van der Waals surface area contributed by atoms with Gasteiger partial charge in [0.15, 0.2) is 5.82 Å². The van der Waals surface area contributed by atoms with Crippen molar-refractivity contribution in [3.05, 3.63) is 41.0 Å². The van der Waals surface area contributed by atoms with Gasteiger partial charge in [-0.3, -0.25) is 0 Å². The SMILES string of the molecule is CCc1cccc(CC)c1NC(=O)NCc1nnc2n1CCC2. The maximum absolute atomic E-state index is 12.3. The first-order valence-electron chi connectivity index (χ1n) is 8.29. The van der Waals surface area contributed by atoms with Gasteiger partial charge in [0, 0.05) is 18.7 Å². The number of para-hydroxylation sites is 1. The summed E-state index contributed by atoms with van der Waals surface area (Å²) in [7, 11) is 0. The van der Waals surface area contributed by atoms with E-state index in [4.69, 9.17) is 0 Å². The molecule has 0 saturated carbocycles. The van der Waals surface area contributed by atoms with Crippen LogP contribution in [0.15, 0.2) is 18.2 Å². The lowest BCUT2D eigenvalue weighted by atomic mass is 10.0. The Labute approximate surface area is 136 Å². The highest BCUT2D eigenvalue weighted by Gasteiger charge is 2.17. The standard InChI is InChI=1S/C17H23N5O/c1-3-12-7-5-8-13(4-2)16(12)19-17(23)18-11-15-21-20-14-9-6-10-22(14)15/h5,7-8H,3-4,6,9-11H2,1-2H3,(H2,18,19,23). The number of benzene rings is 1. The average Bonchev–Trinajstić information content (AvgIpc) is 3.17. The molecule has 0 fully saturated rings. The van der Waals surface area contributed by atoms with Crippen LogP contribution >= 0.6 is 0 Å². The highest BCUT2D eigenvalue weighted by atomic mass is 16.2. The summed E-state index contributed by atoms with van der Waals surface area (Å²) in [5.41, 5.74) is 3.24. The molecule has 23 heavy (non-hydrogen) atoms. The van der Waals surface area contributed by atoms with Crippen molar-refractivity contribution in [1.29, 1.82) is 0 Å². The third-order valence-electron chi connectivity index (χ3n) is 4.33. The number of hydrogen-bond donors (Lipinski definition) is 2. The van der Waals surface area contributed by atoms with Gasteiger partial charge in [-0.05, 0) is 30.4 Å².